The molecule has 0 aromatic rings. The van der Waals surface area contributed by atoms with Gasteiger partial charge < -0.3 is 14.4 Å². The molecule has 0 radical (unpaired) electrons. The molecule has 2 rings (SSSR count). The van der Waals surface area contributed by atoms with Gasteiger partial charge in [0.05, 0.1) is 12.7 Å². The molecule has 0 spiro atoms. The van der Waals surface area contributed by atoms with Crippen molar-refractivity contribution in [3.63, 3.8) is 0 Å². The Balaban J connectivity index is 1.56. The Kier molecular flexibility index (Phi) is 8.31. The molecule has 23 heavy (non-hydrogen) atoms. The van der Waals surface area contributed by atoms with Crippen LogP contribution in [0.1, 0.15) is 65.2 Å². The van der Waals surface area contributed by atoms with Crippen LogP contribution in [0.15, 0.2) is 0 Å². The summed E-state index contributed by atoms with van der Waals surface area (Å²) >= 11 is 0. The number of nitrogens with zero attached hydrogens (tertiary/aromatic N) is 2. The van der Waals surface area contributed by atoms with E-state index in [9.17, 15) is 0 Å². The van der Waals surface area contributed by atoms with Gasteiger partial charge in [0.25, 0.3) is 0 Å². The highest BCUT2D eigenvalue weighted by Crippen LogP contribution is 2.29. The summed E-state index contributed by atoms with van der Waals surface area (Å²) in [4.78, 5) is 4.92. The predicted octanol–water partition coefficient (Wildman–Crippen LogP) is 3.51. The van der Waals surface area contributed by atoms with Gasteiger partial charge in [-0.2, -0.15) is 0 Å². The summed E-state index contributed by atoms with van der Waals surface area (Å²) in [6.07, 6.45) is 10.7. The van der Waals surface area contributed by atoms with E-state index in [1.165, 1.54) is 58.0 Å². The highest BCUT2D eigenvalue weighted by atomic mass is 16.7. The number of ether oxygens (including phenoxy) is 2. The summed E-state index contributed by atoms with van der Waals surface area (Å²) in [5, 5.41) is 0. The molecule has 4 nitrogen and oxygen atoms in total. The maximum absolute atomic E-state index is 6.25. The summed E-state index contributed by atoms with van der Waals surface area (Å²) in [7, 11) is 2.20. The lowest BCUT2D eigenvalue weighted by Crippen LogP contribution is -2.47. The largest absolute Gasteiger partial charge is 0.347 e. The molecule has 2 heterocycles. The number of piperazine rings is 1. The zero-order valence-electron chi connectivity index (χ0n) is 15.7. The fourth-order valence-electron chi connectivity index (χ4n) is 3.63. The number of rotatable bonds is 10. The molecule has 0 aliphatic carbocycles. The zero-order chi connectivity index (χ0) is 16.5. The van der Waals surface area contributed by atoms with Crippen molar-refractivity contribution < 1.29 is 9.47 Å². The van der Waals surface area contributed by atoms with Gasteiger partial charge in [0.1, 0.15) is 0 Å². The second-order valence-electron chi connectivity index (χ2n) is 7.66. The minimum Gasteiger partial charge on any atom is -0.347 e. The van der Waals surface area contributed by atoms with E-state index in [2.05, 4.69) is 30.7 Å². The Morgan fingerprint density at radius 3 is 2.30 bits per heavy atom. The first kappa shape index (κ1) is 19.2. The SMILES string of the molecule is CCCCCCCCCC1(C)OCC(CN2CCN(C)CC2)O1. The molecule has 0 saturated carbocycles. The van der Waals surface area contributed by atoms with Gasteiger partial charge in [-0.15, -0.1) is 0 Å². The predicted molar refractivity (Wildman–Crippen MR) is 95.8 cm³/mol. The second kappa shape index (κ2) is 9.97. The maximum atomic E-state index is 6.25. The van der Waals surface area contributed by atoms with E-state index >= 15 is 0 Å². The molecule has 2 aliphatic rings. The van der Waals surface area contributed by atoms with Crippen molar-refractivity contribution in [1.82, 2.24) is 9.80 Å². The van der Waals surface area contributed by atoms with Crippen molar-refractivity contribution in [1.29, 1.82) is 0 Å². The van der Waals surface area contributed by atoms with Gasteiger partial charge in [0, 0.05) is 39.1 Å². The lowest BCUT2D eigenvalue weighted by molar-refractivity contribution is -0.161. The maximum Gasteiger partial charge on any atom is 0.166 e. The molecule has 0 amide bonds. The average molecular weight is 327 g/mol. The zero-order valence-corrected chi connectivity index (χ0v) is 15.7. The fourth-order valence-corrected chi connectivity index (χ4v) is 3.63. The van der Waals surface area contributed by atoms with Crippen LogP contribution in [-0.4, -0.2) is 68.1 Å². The second-order valence-corrected chi connectivity index (χ2v) is 7.66. The molecule has 2 atom stereocenters. The van der Waals surface area contributed by atoms with E-state index in [1.807, 2.05) is 0 Å². The van der Waals surface area contributed by atoms with Crippen LogP contribution in [-0.2, 0) is 9.47 Å². The Morgan fingerprint density at radius 2 is 1.61 bits per heavy atom. The Labute approximate surface area is 143 Å². The smallest absolute Gasteiger partial charge is 0.166 e. The first-order chi connectivity index (χ1) is 11.1. The van der Waals surface area contributed by atoms with Gasteiger partial charge in [-0.05, 0) is 20.4 Å². The molecule has 0 aromatic carbocycles. The van der Waals surface area contributed by atoms with E-state index in [0.29, 0.717) is 0 Å². The molecular formula is C19H38N2O2. The Hall–Kier alpha value is -0.160. The first-order valence-corrected chi connectivity index (χ1v) is 9.84. The third kappa shape index (κ3) is 7.08. The molecule has 4 heteroatoms. The Bertz CT molecular complexity index is 318. The molecule has 0 bridgehead atoms. The number of hydrogen-bond donors (Lipinski definition) is 0. The quantitative estimate of drug-likeness (QED) is 0.574. The van der Waals surface area contributed by atoms with Gasteiger partial charge in [-0.25, -0.2) is 0 Å². The van der Waals surface area contributed by atoms with Crippen molar-refractivity contribution >= 4 is 0 Å². The Morgan fingerprint density at radius 1 is 0.957 bits per heavy atom. The lowest BCUT2D eigenvalue weighted by atomic mass is 10.1. The molecule has 0 aromatic heterocycles. The minimum atomic E-state index is -0.333. The minimum absolute atomic E-state index is 0.257. The van der Waals surface area contributed by atoms with E-state index in [1.54, 1.807) is 0 Å². The van der Waals surface area contributed by atoms with E-state index in [-0.39, 0.29) is 11.9 Å². The van der Waals surface area contributed by atoms with Crippen LogP contribution in [0, 0.1) is 0 Å². The van der Waals surface area contributed by atoms with Crippen molar-refractivity contribution in [2.45, 2.75) is 77.1 Å². The highest BCUT2D eigenvalue weighted by molar-refractivity contribution is 4.79. The number of hydrogen-bond acceptors (Lipinski definition) is 4. The van der Waals surface area contributed by atoms with Crippen molar-refractivity contribution in [3.05, 3.63) is 0 Å². The standard InChI is InChI=1S/C19H38N2O2/c1-4-5-6-7-8-9-10-11-19(2)22-17-18(23-19)16-21-14-12-20(3)13-15-21/h18H,4-17H2,1-3H3. The summed E-state index contributed by atoms with van der Waals surface area (Å²) in [5.41, 5.74) is 0. The van der Waals surface area contributed by atoms with E-state index in [4.69, 9.17) is 9.47 Å². The first-order valence-electron chi connectivity index (χ1n) is 9.84. The number of unbranched alkanes of at least 4 members (excludes halogenated alkanes) is 6. The molecule has 2 saturated heterocycles. The molecule has 2 aliphatic heterocycles. The monoisotopic (exact) mass is 326 g/mol. The summed E-state index contributed by atoms with van der Waals surface area (Å²) in [5.74, 6) is -0.333. The van der Waals surface area contributed by atoms with Crippen LogP contribution >= 0.6 is 0 Å². The van der Waals surface area contributed by atoms with Crippen molar-refractivity contribution in [3.8, 4) is 0 Å². The van der Waals surface area contributed by atoms with Crippen LogP contribution in [0.2, 0.25) is 0 Å². The topological polar surface area (TPSA) is 24.9 Å². The van der Waals surface area contributed by atoms with Gasteiger partial charge in [0.2, 0.25) is 0 Å². The third-order valence-corrected chi connectivity index (χ3v) is 5.28. The average Bonchev–Trinajstić information content (AvgIpc) is 2.90. The van der Waals surface area contributed by atoms with Crippen LogP contribution in [0.4, 0.5) is 0 Å². The van der Waals surface area contributed by atoms with Gasteiger partial charge in [0.15, 0.2) is 5.79 Å². The summed E-state index contributed by atoms with van der Waals surface area (Å²) in [6, 6.07) is 0. The van der Waals surface area contributed by atoms with Crippen molar-refractivity contribution in [2.75, 3.05) is 46.4 Å². The summed E-state index contributed by atoms with van der Waals surface area (Å²) in [6.45, 7) is 10.9. The van der Waals surface area contributed by atoms with Crippen LogP contribution in [0.3, 0.4) is 0 Å². The van der Waals surface area contributed by atoms with Gasteiger partial charge >= 0.3 is 0 Å². The van der Waals surface area contributed by atoms with Crippen LogP contribution in [0.25, 0.3) is 0 Å². The molecule has 2 unspecified atom stereocenters. The fraction of sp³-hybridized carbons (Fsp3) is 1.00. The molecular weight excluding hydrogens is 288 g/mol. The van der Waals surface area contributed by atoms with Crippen molar-refractivity contribution in [2.24, 2.45) is 0 Å². The van der Waals surface area contributed by atoms with Gasteiger partial charge in [-0.1, -0.05) is 45.4 Å². The number of likely N-dealkylation sites (N-methyl/N-ethyl adjacent to an activating group) is 1. The molecule has 136 valence electrons. The third-order valence-electron chi connectivity index (χ3n) is 5.28. The molecule has 0 N–H and O–H groups in total. The van der Waals surface area contributed by atoms with Crippen LogP contribution < -0.4 is 0 Å². The summed E-state index contributed by atoms with van der Waals surface area (Å²) < 4.78 is 12.2. The van der Waals surface area contributed by atoms with E-state index < -0.39 is 0 Å². The lowest BCUT2D eigenvalue weighted by Gasteiger charge is -2.33. The highest BCUT2D eigenvalue weighted by Gasteiger charge is 2.37. The van der Waals surface area contributed by atoms with Gasteiger partial charge in [-0.3, -0.25) is 4.90 Å². The van der Waals surface area contributed by atoms with Crippen LogP contribution in [0.5, 0.6) is 0 Å². The normalized spacial score (nSPS) is 30.1. The van der Waals surface area contributed by atoms with E-state index in [0.717, 1.165) is 32.7 Å². The molecule has 2 fully saturated rings.